The summed E-state index contributed by atoms with van der Waals surface area (Å²) in [6.45, 7) is 8.23. The van der Waals surface area contributed by atoms with Crippen LogP contribution in [0, 0.1) is 5.92 Å². The molecule has 1 radical (unpaired) electrons. The van der Waals surface area contributed by atoms with Crippen LogP contribution < -0.4 is 0 Å². The van der Waals surface area contributed by atoms with Crippen LogP contribution in [0.1, 0.15) is 34.1 Å². The third-order valence-corrected chi connectivity index (χ3v) is 5.09. The summed E-state index contributed by atoms with van der Waals surface area (Å²) in [4.78, 5) is 0. The monoisotopic (exact) mass is 234 g/mol. The first kappa shape index (κ1) is 12.7. The van der Waals surface area contributed by atoms with E-state index in [0.717, 1.165) is 12.2 Å². The van der Waals surface area contributed by atoms with E-state index in [1.54, 1.807) is 10.8 Å². The summed E-state index contributed by atoms with van der Waals surface area (Å²) >= 11 is 0. The van der Waals surface area contributed by atoms with Crippen molar-refractivity contribution >= 4 is 21.6 Å². The maximum absolute atomic E-state index is 12.0. The summed E-state index contributed by atoms with van der Waals surface area (Å²) in [6, 6.07) is 0. The Morgan fingerprint density at radius 3 is 2.29 bits per heavy atom. The first-order valence-electron chi connectivity index (χ1n) is 4.95. The third-order valence-electron chi connectivity index (χ3n) is 3.21. The highest BCUT2D eigenvalue weighted by molar-refractivity contribution is 8.76. The van der Waals surface area contributed by atoms with Gasteiger partial charge in [0.15, 0.2) is 0 Å². The van der Waals surface area contributed by atoms with Crippen LogP contribution in [0.15, 0.2) is 0 Å². The van der Waals surface area contributed by atoms with Crippen LogP contribution in [0.4, 0.5) is 0 Å². The molecule has 1 saturated heterocycles. The second kappa shape index (κ2) is 4.24. The van der Waals surface area contributed by atoms with E-state index in [-0.39, 0.29) is 11.1 Å². The van der Waals surface area contributed by atoms with E-state index in [0.29, 0.717) is 5.92 Å². The predicted molar refractivity (Wildman–Crippen MR) is 64.8 cm³/mol. The SMILES string of the molecule is CSSCC1CC(C)(C)N([O])C1(C)C. The molecule has 83 valence electrons. The minimum Gasteiger partial charge on any atom is -0.144 e. The highest BCUT2D eigenvalue weighted by Gasteiger charge is 2.51. The van der Waals surface area contributed by atoms with Gasteiger partial charge in [-0.2, -0.15) is 0 Å². The summed E-state index contributed by atoms with van der Waals surface area (Å²) in [5.74, 6) is 1.59. The molecule has 1 atom stereocenters. The number of hydroxylamine groups is 2. The summed E-state index contributed by atoms with van der Waals surface area (Å²) < 4.78 is 0. The van der Waals surface area contributed by atoms with Crippen LogP contribution in [0.2, 0.25) is 0 Å². The smallest absolute Gasteiger partial charge is 0.0480 e. The molecule has 4 heteroatoms. The number of nitrogens with zero attached hydrogens (tertiary/aromatic N) is 1. The van der Waals surface area contributed by atoms with Crippen LogP contribution in [0.5, 0.6) is 0 Å². The van der Waals surface area contributed by atoms with Gasteiger partial charge in [0.25, 0.3) is 0 Å². The molecule has 1 aliphatic rings. The molecule has 0 aliphatic carbocycles. The molecule has 0 aromatic rings. The van der Waals surface area contributed by atoms with Gasteiger partial charge in [-0.3, -0.25) is 0 Å². The minimum atomic E-state index is -0.202. The molecule has 2 nitrogen and oxygen atoms in total. The van der Waals surface area contributed by atoms with Crippen LogP contribution in [0.25, 0.3) is 0 Å². The van der Waals surface area contributed by atoms with Crippen LogP contribution in [-0.4, -0.2) is 28.1 Å². The maximum Gasteiger partial charge on any atom is 0.0480 e. The molecule has 1 aliphatic heterocycles. The highest BCUT2D eigenvalue weighted by atomic mass is 33.1. The van der Waals surface area contributed by atoms with Gasteiger partial charge in [0.05, 0.1) is 0 Å². The summed E-state index contributed by atoms with van der Waals surface area (Å²) in [7, 11) is 3.65. The Morgan fingerprint density at radius 1 is 1.36 bits per heavy atom. The zero-order chi connectivity index (χ0) is 11.0. The number of rotatable bonds is 3. The van der Waals surface area contributed by atoms with E-state index in [4.69, 9.17) is 0 Å². The quantitative estimate of drug-likeness (QED) is 0.700. The summed E-state index contributed by atoms with van der Waals surface area (Å²) in [5, 5.41) is 13.3. The van der Waals surface area contributed by atoms with E-state index in [1.165, 1.54) is 5.06 Å². The van der Waals surface area contributed by atoms with E-state index in [2.05, 4.69) is 20.1 Å². The average molecular weight is 234 g/mol. The fourth-order valence-electron chi connectivity index (χ4n) is 2.29. The Hall–Kier alpha value is 0.620. The van der Waals surface area contributed by atoms with Gasteiger partial charge in [0.2, 0.25) is 0 Å². The topological polar surface area (TPSA) is 23.1 Å². The zero-order valence-corrected chi connectivity index (χ0v) is 11.3. The second-order valence-corrected chi connectivity index (χ2v) is 7.72. The number of hydrogen-bond acceptors (Lipinski definition) is 3. The first-order chi connectivity index (χ1) is 6.32. The summed E-state index contributed by atoms with van der Waals surface area (Å²) in [5.41, 5.74) is -0.390. The van der Waals surface area contributed by atoms with Crippen LogP contribution in [-0.2, 0) is 5.21 Å². The predicted octanol–water partition coefficient (Wildman–Crippen LogP) is 3.22. The van der Waals surface area contributed by atoms with E-state index < -0.39 is 0 Å². The molecule has 0 N–H and O–H groups in total. The lowest BCUT2D eigenvalue weighted by Crippen LogP contribution is -2.46. The van der Waals surface area contributed by atoms with Gasteiger partial charge in [0.1, 0.15) is 0 Å². The van der Waals surface area contributed by atoms with Crippen molar-refractivity contribution in [1.82, 2.24) is 5.06 Å². The van der Waals surface area contributed by atoms with Gasteiger partial charge in [-0.05, 0) is 46.3 Å². The molecule has 0 aromatic heterocycles. The van der Waals surface area contributed by atoms with Crippen molar-refractivity contribution < 1.29 is 5.21 Å². The van der Waals surface area contributed by atoms with Crippen molar-refractivity contribution in [3.63, 3.8) is 0 Å². The van der Waals surface area contributed by atoms with Gasteiger partial charge in [-0.25, -0.2) is 0 Å². The van der Waals surface area contributed by atoms with E-state index >= 15 is 0 Å². The lowest BCUT2D eigenvalue weighted by Gasteiger charge is -2.33. The van der Waals surface area contributed by atoms with E-state index in [1.807, 2.05) is 24.6 Å². The normalized spacial score (nSPS) is 30.9. The molecule has 1 heterocycles. The molecule has 1 fully saturated rings. The molecule has 0 aromatic carbocycles. The van der Waals surface area contributed by atoms with Crippen molar-refractivity contribution in [2.75, 3.05) is 12.0 Å². The van der Waals surface area contributed by atoms with Gasteiger partial charge in [-0.15, -0.1) is 10.3 Å². The molecule has 0 bridgehead atoms. The minimum absolute atomic E-state index is 0.187. The Labute approximate surface area is 95.2 Å². The molecule has 14 heavy (non-hydrogen) atoms. The Bertz CT molecular complexity index is 206. The van der Waals surface area contributed by atoms with E-state index in [9.17, 15) is 5.21 Å². The first-order valence-corrected chi connectivity index (χ1v) is 7.68. The fraction of sp³-hybridized carbons (Fsp3) is 1.00. The molecular formula is C10H20NOS2. The lowest BCUT2D eigenvalue weighted by atomic mass is 9.89. The zero-order valence-electron chi connectivity index (χ0n) is 9.66. The second-order valence-electron chi connectivity index (χ2n) is 5.11. The molecular weight excluding hydrogens is 214 g/mol. The van der Waals surface area contributed by atoms with Crippen LogP contribution in [0.3, 0.4) is 0 Å². The Kier molecular flexibility index (Phi) is 3.84. The van der Waals surface area contributed by atoms with Gasteiger partial charge >= 0.3 is 0 Å². The molecule has 1 unspecified atom stereocenters. The molecule has 0 saturated carbocycles. The standard InChI is InChI=1S/C10H20NOS2/c1-9(2)6-8(7-14-13-5)10(3,4)11(9)12/h8H,6-7H2,1-5H3. The van der Waals surface area contributed by atoms with Gasteiger partial charge in [-0.1, -0.05) is 21.6 Å². The van der Waals surface area contributed by atoms with Gasteiger partial charge < -0.3 is 0 Å². The van der Waals surface area contributed by atoms with Crippen LogP contribution >= 0.6 is 21.6 Å². The highest BCUT2D eigenvalue weighted by Crippen LogP contribution is 2.45. The van der Waals surface area contributed by atoms with Crippen molar-refractivity contribution in [1.29, 1.82) is 0 Å². The van der Waals surface area contributed by atoms with Crippen molar-refractivity contribution in [2.24, 2.45) is 5.92 Å². The molecule has 0 amide bonds. The fourth-order valence-corrected chi connectivity index (χ4v) is 4.02. The lowest BCUT2D eigenvalue weighted by molar-refractivity contribution is -0.247. The maximum atomic E-state index is 12.0. The third kappa shape index (κ3) is 2.23. The van der Waals surface area contributed by atoms with Crippen molar-refractivity contribution in [3.05, 3.63) is 0 Å². The number of hydrogen-bond donors (Lipinski definition) is 0. The molecule has 1 rings (SSSR count). The summed E-state index contributed by atoms with van der Waals surface area (Å²) in [6.07, 6.45) is 3.10. The Morgan fingerprint density at radius 2 is 1.93 bits per heavy atom. The van der Waals surface area contributed by atoms with Gasteiger partial charge in [0, 0.05) is 16.8 Å². The largest absolute Gasteiger partial charge is 0.144 e. The Balaban J connectivity index is 2.70. The molecule has 0 spiro atoms. The average Bonchev–Trinajstić information content (AvgIpc) is 2.23. The van der Waals surface area contributed by atoms with Crippen molar-refractivity contribution in [3.8, 4) is 0 Å². The van der Waals surface area contributed by atoms with Crippen molar-refractivity contribution in [2.45, 2.75) is 45.2 Å².